The monoisotopic (exact) mass is 262 g/mol. The SMILES string of the molecule is N[CH2][Zr]([C]1=CC=CC1)[c]1ccccc1. The fourth-order valence-electron chi connectivity index (χ4n) is 1.74. The van der Waals surface area contributed by atoms with Crippen LogP contribution < -0.4 is 9.01 Å². The molecule has 2 rings (SSSR count). The van der Waals surface area contributed by atoms with Gasteiger partial charge in [-0.1, -0.05) is 0 Å². The van der Waals surface area contributed by atoms with Gasteiger partial charge in [-0.05, 0) is 0 Å². The Morgan fingerprint density at radius 3 is 2.57 bits per heavy atom. The van der Waals surface area contributed by atoms with Crippen molar-refractivity contribution in [1.82, 2.24) is 0 Å². The average molecular weight is 263 g/mol. The van der Waals surface area contributed by atoms with Gasteiger partial charge in [0.25, 0.3) is 0 Å². The molecule has 0 heterocycles. The second-order valence-electron chi connectivity index (χ2n) is 3.37. The second-order valence-corrected chi connectivity index (χ2v) is 9.73. The van der Waals surface area contributed by atoms with E-state index >= 15 is 0 Å². The molecule has 2 heteroatoms. The quantitative estimate of drug-likeness (QED) is 0.882. The summed E-state index contributed by atoms with van der Waals surface area (Å²) in [5.74, 6) is 0. The van der Waals surface area contributed by atoms with E-state index in [1.165, 1.54) is 3.27 Å². The van der Waals surface area contributed by atoms with E-state index in [-0.39, 0.29) is 0 Å². The zero-order valence-corrected chi connectivity index (χ0v) is 10.6. The van der Waals surface area contributed by atoms with Gasteiger partial charge in [-0.15, -0.1) is 0 Å². The Bertz CT molecular complexity index is 354. The first-order valence-electron chi connectivity index (χ1n) is 4.89. The Balaban J connectivity index is 2.22. The molecular formula is C12H14NZr. The molecule has 0 aliphatic heterocycles. The number of benzene rings is 1. The molecule has 0 bridgehead atoms. The van der Waals surface area contributed by atoms with Crippen LogP contribution in [0.2, 0.25) is 0 Å². The van der Waals surface area contributed by atoms with Crippen molar-refractivity contribution in [3.63, 3.8) is 0 Å². The fourth-order valence-corrected chi connectivity index (χ4v) is 6.97. The Hall–Kier alpha value is -0.457. The summed E-state index contributed by atoms with van der Waals surface area (Å²) in [5.41, 5.74) is 5.90. The first-order valence-corrected chi connectivity index (χ1v) is 9.09. The Labute approximate surface area is 93.0 Å². The summed E-state index contributed by atoms with van der Waals surface area (Å²) in [4.78, 5) is 0. The Morgan fingerprint density at radius 2 is 2.00 bits per heavy atom. The third kappa shape index (κ3) is 2.13. The van der Waals surface area contributed by atoms with Crippen LogP contribution in [-0.2, 0) is 21.8 Å². The van der Waals surface area contributed by atoms with Gasteiger partial charge in [0, 0.05) is 0 Å². The predicted octanol–water partition coefficient (Wildman–Crippen LogP) is 1.69. The molecule has 14 heavy (non-hydrogen) atoms. The van der Waals surface area contributed by atoms with Gasteiger partial charge in [0.1, 0.15) is 0 Å². The molecule has 1 aliphatic carbocycles. The van der Waals surface area contributed by atoms with Crippen LogP contribution in [0.3, 0.4) is 0 Å². The van der Waals surface area contributed by atoms with Crippen molar-refractivity contribution in [2.45, 2.75) is 6.42 Å². The van der Waals surface area contributed by atoms with Crippen molar-refractivity contribution >= 4 is 3.27 Å². The van der Waals surface area contributed by atoms with E-state index in [4.69, 9.17) is 5.73 Å². The molecule has 1 nitrogen and oxygen atoms in total. The van der Waals surface area contributed by atoms with Crippen molar-refractivity contribution in [2.24, 2.45) is 5.73 Å². The molecule has 0 atom stereocenters. The Morgan fingerprint density at radius 1 is 1.21 bits per heavy atom. The number of allylic oxidation sites excluding steroid dienone is 4. The molecule has 0 aromatic heterocycles. The molecule has 0 fully saturated rings. The van der Waals surface area contributed by atoms with Crippen LogP contribution in [-0.4, -0.2) is 4.25 Å². The fraction of sp³-hybridized carbons (Fsp3) is 0.167. The summed E-state index contributed by atoms with van der Waals surface area (Å²) < 4.78 is 4.04. The number of nitrogens with two attached hydrogens (primary N) is 1. The summed E-state index contributed by atoms with van der Waals surface area (Å²) in [7, 11) is 0. The molecule has 0 spiro atoms. The van der Waals surface area contributed by atoms with Crippen LogP contribution in [0.15, 0.2) is 51.8 Å². The molecule has 71 valence electrons. The third-order valence-electron chi connectivity index (χ3n) is 2.49. The minimum atomic E-state index is -1.65. The van der Waals surface area contributed by atoms with E-state index in [1.807, 2.05) is 0 Å². The maximum absolute atomic E-state index is 5.90. The van der Waals surface area contributed by atoms with E-state index in [0.29, 0.717) is 0 Å². The van der Waals surface area contributed by atoms with Crippen LogP contribution >= 0.6 is 0 Å². The molecule has 1 aromatic rings. The van der Waals surface area contributed by atoms with E-state index in [0.717, 1.165) is 10.7 Å². The van der Waals surface area contributed by atoms with E-state index in [9.17, 15) is 0 Å². The standard InChI is InChI=1S/C6H5.C5H5.CH4N.Zr/c1-2-4-6-5-3-1;1-2-4-5-3-1;1-2;/h1-5H;1-3H,4H2;1-2H2;. The Kier molecular flexibility index (Phi) is 3.50. The molecule has 2 N–H and O–H groups in total. The van der Waals surface area contributed by atoms with Crippen LogP contribution in [0, 0.1) is 0 Å². The van der Waals surface area contributed by atoms with Crippen LogP contribution in [0.5, 0.6) is 0 Å². The van der Waals surface area contributed by atoms with Crippen LogP contribution in [0.4, 0.5) is 0 Å². The molecule has 1 aromatic carbocycles. The normalized spacial score (nSPS) is 14.2. The van der Waals surface area contributed by atoms with Gasteiger partial charge in [0.15, 0.2) is 0 Å². The van der Waals surface area contributed by atoms with Crippen molar-refractivity contribution in [1.29, 1.82) is 0 Å². The van der Waals surface area contributed by atoms with Gasteiger partial charge >= 0.3 is 93.3 Å². The zero-order chi connectivity index (χ0) is 9.80. The third-order valence-corrected chi connectivity index (χ3v) is 8.84. The van der Waals surface area contributed by atoms with Gasteiger partial charge in [0.2, 0.25) is 0 Å². The van der Waals surface area contributed by atoms with Gasteiger partial charge in [-0.3, -0.25) is 0 Å². The summed E-state index contributed by atoms with van der Waals surface area (Å²) >= 11 is -1.65. The molecule has 1 aliphatic rings. The predicted molar refractivity (Wildman–Crippen MR) is 57.0 cm³/mol. The number of rotatable bonds is 3. The first kappa shape index (κ1) is 10.1. The maximum atomic E-state index is 5.90. The number of hydrogen-bond donors (Lipinski definition) is 1. The van der Waals surface area contributed by atoms with Crippen LogP contribution in [0.1, 0.15) is 6.42 Å². The van der Waals surface area contributed by atoms with Crippen molar-refractivity contribution in [3.8, 4) is 0 Å². The van der Waals surface area contributed by atoms with E-state index in [1.54, 1.807) is 3.28 Å². The molecule has 0 saturated heterocycles. The number of hydrogen-bond acceptors (Lipinski definition) is 1. The molecule has 0 unspecified atom stereocenters. The van der Waals surface area contributed by atoms with Crippen LogP contribution in [0.25, 0.3) is 0 Å². The van der Waals surface area contributed by atoms with Gasteiger partial charge in [-0.25, -0.2) is 0 Å². The molecular weight excluding hydrogens is 249 g/mol. The summed E-state index contributed by atoms with van der Waals surface area (Å²) in [6.07, 6.45) is 7.80. The molecule has 0 saturated carbocycles. The topological polar surface area (TPSA) is 26.0 Å². The average Bonchev–Trinajstić information content (AvgIpc) is 2.74. The first-order chi connectivity index (χ1) is 6.92. The van der Waals surface area contributed by atoms with Gasteiger partial charge < -0.3 is 0 Å². The van der Waals surface area contributed by atoms with Crippen molar-refractivity contribution in [2.75, 3.05) is 4.25 Å². The minimum absolute atomic E-state index is 0.889. The van der Waals surface area contributed by atoms with E-state index < -0.39 is 21.8 Å². The van der Waals surface area contributed by atoms with Crippen molar-refractivity contribution in [3.05, 3.63) is 51.8 Å². The summed E-state index contributed by atoms with van der Waals surface area (Å²) in [6.45, 7) is 0. The van der Waals surface area contributed by atoms with Gasteiger partial charge in [0.05, 0.1) is 0 Å². The van der Waals surface area contributed by atoms with E-state index in [2.05, 4.69) is 48.6 Å². The van der Waals surface area contributed by atoms with Gasteiger partial charge in [-0.2, -0.15) is 0 Å². The van der Waals surface area contributed by atoms with Crippen molar-refractivity contribution < 1.29 is 21.8 Å². The molecule has 0 amide bonds. The summed E-state index contributed by atoms with van der Waals surface area (Å²) in [6, 6.07) is 10.8. The zero-order valence-electron chi connectivity index (χ0n) is 8.11. The second kappa shape index (κ2) is 4.86. The summed E-state index contributed by atoms with van der Waals surface area (Å²) in [5, 5.41) is 0. The molecule has 0 radical (unpaired) electrons.